The Balaban J connectivity index is 1.70. The largest absolute Gasteiger partial charge is 0.478 e. The number of aromatic nitrogens is 2. The molecule has 5 rings (SSSR count). The highest BCUT2D eigenvalue weighted by Gasteiger charge is 2.37. The van der Waals surface area contributed by atoms with Gasteiger partial charge in [0.25, 0.3) is 5.91 Å². The van der Waals surface area contributed by atoms with E-state index in [1.54, 1.807) is 12.1 Å². The standard InChI is InChI=1S/C29H18Cl2F3N3O3/c30-18-10-12-24-21(14-18)26(36-37(24)27(38)25-22(29(32,33)34)7-4-8-23(25)31)20-11-9-16(28(39)40)13-17(20)15-35-19-5-2-1-3-6-19/h1-14,35H,15H2,(H,39,40). The quantitative estimate of drug-likeness (QED) is 0.211. The van der Waals surface area contributed by atoms with Gasteiger partial charge >= 0.3 is 12.1 Å². The Bertz CT molecular complexity index is 1770. The molecule has 0 aliphatic heterocycles. The van der Waals surface area contributed by atoms with Crippen LogP contribution in [0.3, 0.4) is 0 Å². The number of alkyl halides is 3. The summed E-state index contributed by atoms with van der Waals surface area (Å²) in [4.78, 5) is 25.3. The summed E-state index contributed by atoms with van der Waals surface area (Å²) < 4.78 is 42.3. The van der Waals surface area contributed by atoms with Crippen molar-refractivity contribution in [1.82, 2.24) is 9.78 Å². The maximum atomic E-state index is 13.8. The predicted octanol–water partition coefficient (Wildman–Crippen LogP) is 8.03. The molecule has 0 amide bonds. The van der Waals surface area contributed by atoms with Crippen molar-refractivity contribution < 1.29 is 27.9 Å². The molecule has 11 heteroatoms. The Morgan fingerprint density at radius 1 is 0.925 bits per heavy atom. The van der Waals surface area contributed by atoms with Gasteiger partial charge in [0.15, 0.2) is 0 Å². The Morgan fingerprint density at radius 3 is 2.38 bits per heavy atom. The molecule has 40 heavy (non-hydrogen) atoms. The number of rotatable bonds is 6. The molecule has 0 spiro atoms. The fraction of sp³-hybridized carbons (Fsp3) is 0.0690. The number of hydrogen-bond donors (Lipinski definition) is 2. The van der Waals surface area contributed by atoms with E-state index in [4.69, 9.17) is 23.2 Å². The number of carboxylic acids is 1. The van der Waals surface area contributed by atoms with Crippen molar-refractivity contribution in [2.75, 3.05) is 5.32 Å². The summed E-state index contributed by atoms with van der Waals surface area (Å²) >= 11 is 12.4. The number of nitrogens with zero attached hydrogens (tertiary/aromatic N) is 2. The lowest BCUT2D eigenvalue weighted by atomic mass is 9.99. The monoisotopic (exact) mass is 583 g/mol. The molecule has 4 aromatic carbocycles. The van der Waals surface area contributed by atoms with Gasteiger partial charge in [-0.15, -0.1) is 0 Å². The van der Waals surface area contributed by atoms with Gasteiger partial charge in [-0.25, -0.2) is 4.79 Å². The van der Waals surface area contributed by atoms with Crippen molar-refractivity contribution in [3.8, 4) is 11.3 Å². The summed E-state index contributed by atoms with van der Waals surface area (Å²) in [6.45, 7) is 0.187. The Labute approximate surface area is 235 Å². The van der Waals surface area contributed by atoms with Crippen LogP contribution in [0.1, 0.15) is 31.8 Å². The molecule has 0 atom stereocenters. The molecule has 0 aliphatic carbocycles. The predicted molar refractivity (Wildman–Crippen MR) is 147 cm³/mol. The SMILES string of the molecule is O=C(O)c1ccc(-c2nn(C(=O)c3c(Cl)cccc3C(F)(F)F)c3ccc(Cl)cc23)c(CNc2ccccc2)c1. The van der Waals surface area contributed by atoms with Crippen LogP contribution in [-0.2, 0) is 12.7 Å². The number of halogens is 5. The normalized spacial score (nSPS) is 11.5. The first-order valence-corrected chi connectivity index (χ1v) is 12.5. The van der Waals surface area contributed by atoms with Crippen LogP contribution in [-0.4, -0.2) is 26.8 Å². The second-order valence-electron chi connectivity index (χ2n) is 8.78. The van der Waals surface area contributed by atoms with E-state index < -0.39 is 29.2 Å². The van der Waals surface area contributed by atoms with Gasteiger partial charge in [-0.2, -0.15) is 23.0 Å². The maximum absolute atomic E-state index is 13.8. The molecule has 6 nitrogen and oxygen atoms in total. The first-order chi connectivity index (χ1) is 19.0. The number of hydrogen-bond acceptors (Lipinski definition) is 4. The van der Waals surface area contributed by atoms with Crippen LogP contribution in [0, 0.1) is 0 Å². The second-order valence-corrected chi connectivity index (χ2v) is 9.63. The van der Waals surface area contributed by atoms with E-state index in [1.165, 1.54) is 30.3 Å². The molecule has 0 aliphatic rings. The number of carboxylic acid groups (broad SMARTS) is 1. The van der Waals surface area contributed by atoms with Crippen LogP contribution < -0.4 is 5.32 Å². The third kappa shape index (κ3) is 5.25. The summed E-state index contributed by atoms with van der Waals surface area (Å²) in [5.41, 5.74) is 0.282. The van der Waals surface area contributed by atoms with Crippen molar-refractivity contribution in [2.45, 2.75) is 12.7 Å². The van der Waals surface area contributed by atoms with Crippen molar-refractivity contribution in [1.29, 1.82) is 0 Å². The molecule has 0 saturated heterocycles. The van der Waals surface area contributed by atoms with Gasteiger partial charge in [-0.3, -0.25) is 4.79 Å². The van der Waals surface area contributed by atoms with Gasteiger partial charge in [0.2, 0.25) is 0 Å². The van der Waals surface area contributed by atoms with E-state index in [9.17, 15) is 27.9 Å². The molecule has 0 unspecified atom stereocenters. The highest BCUT2D eigenvalue weighted by Crippen LogP contribution is 2.38. The molecule has 0 saturated carbocycles. The average molecular weight is 584 g/mol. The van der Waals surface area contributed by atoms with Crippen molar-refractivity contribution >= 4 is 51.7 Å². The molecule has 5 aromatic rings. The van der Waals surface area contributed by atoms with E-state index in [0.717, 1.165) is 22.5 Å². The lowest BCUT2D eigenvalue weighted by Gasteiger charge is -2.13. The minimum Gasteiger partial charge on any atom is -0.478 e. The number of carbonyl (C=O) groups excluding carboxylic acids is 1. The van der Waals surface area contributed by atoms with Crippen LogP contribution in [0.5, 0.6) is 0 Å². The molecular weight excluding hydrogens is 566 g/mol. The summed E-state index contributed by atoms with van der Waals surface area (Å²) in [7, 11) is 0. The summed E-state index contributed by atoms with van der Waals surface area (Å²) in [6.07, 6.45) is -4.84. The summed E-state index contributed by atoms with van der Waals surface area (Å²) in [5, 5.41) is 17.5. The molecular formula is C29H18Cl2F3N3O3. The van der Waals surface area contributed by atoms with Crippen LogP contribution in [0.2, 0.25) is 10.0 Å². The minimum atomic E-state index is -4.84. The molecule has 202 valence electrons. The molecule has 1 heterocycles. The number of para-hydroxylation sites is 1. The zero-order chi connectivity index (χ0) is 28.6. The zero-order valence-electron chi connectivity index (χ0n) is 20.3. The van der Waals surface area contributed by atoms with Gasteiger partial charge in [0.1, 0.15) is 5.69 Å². The smallest absolute Gasteiger partial charge is 0.417 e. The molecule has 1 aromatic heterocycles. The fourth-order valence-electron chi connectivity index (χ4n) is 4.39. The number of benzene rings is 4. The van der Waals surface area contributed by atoms with Gasteiger partial charge in [0.05, 0.1) is 27.2 Å². The average Bonchev–Trinajstić information content (AvgIpc) is 3.29. The van der Waals surface area contributed by atoms with Crippen molar-refractivity contribution in [2.24, 2.45) is 0 Å². The van der Waals surface area contributed by atoms with Crippen LogP contribution in [0.25, 0.3) is 22.2 Å². The maximum Gasteiger partial charge on any atom is 0.417 e. The number of aromatic carboxylic acids is 1. The first-order valence-electron chi connectivity index (χ1n) is 11.8. The van der Waals surface area contributed by atoms with Crippen LogP contribution in [0.15, 0.2) is 84.9 Å². The molecule has 2 N–H and O–H groups in total. The number of carbonyl (C=O) groups is 2. The minimum absolute atomic E-state index is 0.0253. The second kappa shape index (κ2) is 10.7. The van der Waals surface area contributed by atoms with Crippen molar-refractivity contribution in [3.05, 3.63) is 117 Å². The Kier molecular flexibility index (Phi) is 7.27. The lowest BCUT2D eigenvalue weighted by Crippen LogP contribution is -2.20. The van der Waals surface area contributed by atoms with E-state index in [0.29, 0.717) is 21.5 Å². The van der Waals surface area contributed by atoms with Crippen LogP contribution >= 0.6 is 23.2 Å². The molecule has 0 radical (unpaired) electrons. The third-order valence-corrected chi connectivity index (χ3v) is 6.78. The third-order valence-electron chi connectivity index (χ3n) is 6.23. The molecule has 0 bridgehead atoms. The fourth-order valence-corrected chi connectivity index (χ4v) is 4.81. The first kappa shape index (κ1) is 27.2. The van der Waals surface area contributed by atoms with E-state index >= 15 is 0 Å². The van der Waals surface area contributed by atoms with Crippen LogP contribution in [0.4, 0.5) is 18.9 Å². The highest BCUT2D eigenvalue weighted by atomic mass is 35.5. The van der Waals surface area contributed by atoms with E-state index in [2.05, 4.69) is 10.4 Å². The van der Waals surface area contributed by atoms with E-state index in [1.807, 2.05) is 30.3 Å². The summed E-state index contributed by atoms with van der Waals surface area (Å²) in [5.74, 6) is -2.22. The van der Waals surface area contributed by atoms with Gasteiger partial charge in [-0.05, 0) is 60.2 Å². The molecule has 0 fully saturated rings. The van der Waals surface area contributed by atoms with E-state index in [-0.39, 0.29) is 28.3 Å². The highest BCUT2D eigenvalue weighted by molar-refractivity contribution is 6.34. The van der Waals surface area contributed by atoms with Crippen molar-refractivity contribution in [3.63, 3.8) is 0 Å². The topological polar surface area (TPSA) is 84.2 Å². The Hall–Kier alpha value is -4.34. The van der Waals surface area contributed by atoms with Gasteiger partial charge in [-0.1, -0.05) is 53.5 Å². The number of anilines is 1. The Morgan fingerprint density at radius 2 is 1.68 bits per heavy atom. The summed E-state index contributed by atoms with van der Waals surface area (Å²) in [6, 6.07) is 21.2. The number of fused-ring (bicyclic) bond motifs is 1. The van der Waals surface area contributed by atoms with Gasteiger partial charge in [0, 0.05) is 28.2 Å². The lowest BCUT2D eigenvalue weighted by molar-refractivity contribution is -0.137. The van der Waals surface area contributed by atoms with Gasteiger partial charge < -0.3 is 10.4 Å². The number of nitrogens with one attached hydrogen (secondary N) is 1. The zero-order valence-corrected chi connectivity index (χ0v) is 21.8.